The Bertz CT molecular complexity index is 279. The van der Waals surface area contributed by atoms with Crippen LogP contribution in [-0.2, 0) is 4.57 Å². The smallest absolute Gasteiger partial charge is 0.148 e. The zero-order valence-corrected chi connectivity index (χ0v) is 12.8. The van der Waals surface area contributed by atoms with Crippen LogP contribution in [0.25, 0.3) is 0 Å². The van der Waals surface area contributed by atoms with Gasteiger partial charge in [-0.05, 0) is 30.3 Å². The topological polar surface area (TPSA) is 17.1 Å². The Hall–Kier alpha value is -0.550. The third-order valence-corrected chi connectivity index (χ3v) is 4.95. The van der Waals surface area contributed by atoms with Crippen LogP contribution in [0.15, 0.2) is 36.7 Å². The van der Waals surface area contributed by atoms with Crippen LogP contribution in [0.4, 0.5) is 0 Å². The molecule has 0 N–H and O–H groups in total. The first kappa shape index (κ1) is 17.4. The van der Waals surface area contributed by atoms with Crippen molar-refractivity contribution in [2.24, 2.45) is 0 Å². The van der Waals surface area contributed by atoms with E-state index < -0.39 is 7.14 Å². The Kier molecular flexibility index (Phi) is 11.2. The lowest BCUT2D eigenvalue weighted by Crippen LogP contribution is -1.79. The number of rotatable bonds is 12. The van der Waals surface area contributed by atoms with Gasteiger partial charge in [0.05, 0.1) is 0 Å². The molecule has 18 heavy (non-hydrogen) atoms. The predicted molar refractivity (Wildman–Crippen MR) is 84.4 cm³/mol. The molecule has 0 aromatic carbocycles. The van der Waals surface area contributed by atoms with Gasteiger partial charge in [-0.15, -0.1) is 0 Å². The Labute approximate surface area is 113 Å². The van der Waals surface area contributed by atoms with Crippen molar-refractivity contribution in [3.63, 3.8) is 0 Å². The summed E-state index contributed by atoms with van der Waals surface area (Å²) in [4.78, 5) is 0. The van der Waals surface area contributed by atoms with Crippen molar-refractivity contribution in [2.75, 3.05) is 0 Å². The zero-order valence-electron chi connectivity index (χ0n) is 11.9. The molecule has 0 aromatic rings. The van der Waals surface area contributed by atoms with Crippen LogP contribution < -0.4 is 0 Å². The molecule has 0 radical (unpaired) electrons. The number of allylic oxidation sites excluding steroid dienone is 1. The van der Waals surface area contributed by atoms with Crippen LogP contribution in [0.2, 0.25) is 0 Å². The van der Waals surface area contributed by atoms with Crippen molar-refractivity contribution in [2.45, 2.75) is 64.7 Å². The van der Waals surface area contributed by atoms with Gasteiger partial charge in [0.15, 0.2) is 0 Å². The van der Waals surface area contributed by atoms with E-state index in [1.54, 1.807) is 5.82 Å². The van der Waals surface area contributed by atoms with Gasteiger partial charge in [-0.1, -0.05) is 71.1 Å². The van der Waals surface area contributed by atoms with Crippen molar-refractivity contribution in [1.82, 2.24) is 0 Å². The van der Waals surface area contributed by atoms with Gasteiger partial charge < -0.3 is 4.57 Å². The molecule has 0 saturated carbocycles. The van der Waals surface area contributed by atoms with Gasteiger partial charge in [-0.25, -0.2) is 0 Å². The van der Waals surface area contributed by atoms with Gasteiger partial charge in [0.25, 0.3) is 0 Å². The van der Waals surface area contributed by atoms with E-state index in [1.165, 1.54) is 63.0 Å². The van der Waals surface area contributed by atoms with Crippen molar-refractivity contribution < 1.29 is 4.57 Å². The average Bonchev–Trinajstić information content (AvgIpc) is 2.40. The van der Waals surface area contributed by atoms with Crippen LogP contribution in [0.3, 0.4) is 0 Å². The molecular formula is C16H29OP. The normalized spacial score (nSPS) is 11.8. The minimum absolute atomic E-state index is 1.01. The van der Waals surface area contributed by atoms with E-state index in [-0.39, 0.29) is 0 Å². The third kappa shape index (κ3) is 9.48. The van der Waals surface area contributed by atoms with Crippen LogP contribution in [0.1, 0.15) is 64.7 Å². The largest absolute Gasteiger partial charge is 0.311 e. The van der Waals surface area contributed by atoms with Gasteiger partial charge in [0.2, 0.25) is 0 Å². The lowest BCUT2D eigenvalue weighted by Gasteiger charge is -2.01. The maximum absolute atomic E-state index is 11.9. The molecule has 0 spiro atoms. The highest BCUT2D eigenvalue weighted by Gasteiger charge is 2.05. The second-order valence-corrected chi connectivity index (χ2v) is 7.33. The summed E-state index contributed by atoms with van der Waals surface area (Å²) in [5.74, 6) is 4.78. The highest BCUT2D eigenvalue weighted by atomic mass is 31.2. The first-order chi connectivity index (χ1) is 8.68. The third-order valence-electron chi connectivity index (χ3n) is 3.13. The predicted octanol–water partition coefficient (Wildman–Crippen LogP) is 6.68. The Morgan fingerprint density at radius 2 is 1.39 bits per heavy atom. The summed E-state index contributed by atoms with van der Waals surface area (Å²) in [6, 6.07) is 0. The molecule has 0 saturated heterocycles. The first-order valence-electron chi connectivity index (χ1n) is 7.22. The standard InChI is InChI=1S/C16H29OP/c1-4-7-8-9-10-11-12-13-14-15-16-18(17,5-2)6-3/h5-6,15-16H,2-4,7-14H2,1H3/b16-15+. The Morgan fingerprint density at radius 3 is 1.89 bits per heavy atom. The van der Waals surface area contributed by atoms with E-state index >= 15 is 0 Å². The molecule has 0 aliphatic rings. The molecule has 1 nitrogen and oxygen atoms in total. The van der Waals surface area contributed by atoms with Gasteiger partial charge >= 0.3 is 0 Å². The number of hydrogen-bond acceptors (Lipinski definition) is 1. The van der Waals surface area contributed by atoms with Gasteiger partial charge in [0.1, 0.15) is 7.14 Å². The van der Waals surface area contributed by atoms with Crippen molar-refractivity contribution >= 4 is 7.14 Å². The second-order valence-electron chi connectivity index (χ2n) is 4.78. The fraction of sp³-hybridized carbons (Fsp3) is 0.625. The zero-order chi connectivity index (χ0) is 13.7. The molecule has 0 aliphatic heterocycles. The molecule has 0 atom stereocenters. The highest BCUT2D eigenvalue weighted by molar-refractivity contribution is 7.73. The lowest BCUT2D eigenvalue weighted by atomic mass is 10.1. The summed E-state index contributed by atoms with van der Waals surface area (Å²) >= 11 is 0. The minimum atomic E-state index is -2.41. The Balaban J connectivity index is 3.45. The SMILES string of the molecule is C=CP(=O)(C=C)/C=C/CCCCCCCCCC. The monoisotopic (exact) mass is 268 g/mol. The summed E-state index contributed by atoms with van der Waals surface area (Å²) in [5.41, 5.74) is 0. The first-order valence-corrected chi connectivity index (χ1v) is 9.14. The van der Waals surface area contributed by atoms with E-state index in [0.717, 1.165) is 6.42 Å². The molecular weight excluding hydrogens is 239 g/mol. The van der Waals surface area contributed by atoms with Crippen LogP contribution >= 0.6 is 7.14 Å². The van der Waals surface area contributed by atoms with Crippen molar-refractivity contribution in [1.29, 1.82) is 0 Å². The molecule has 0 amide bonds. The summed E-state index contributed by atoms with van der Waals surface area (Å²) < 4.78 is 11.9. The maximum Gasteiger partial charge on any atom is 0.148 e. The van der Waals surface area contributed by atoms with E-state index in [1.807, 2.05) is 6.08 Å². The molecule has 0 aromatic heterocycles. The van der Waals surface area contributed by atoms with Crippen LogP contribution in [0.5, 0.6) is 0 Å². The van der Waals surface area contributed by atoms with Gasteiger partial charge in [-0.3, -0.25) is 0 Å². The van der Waals surface area contributed by atoms with Crippen LogP contribution in [0, 0.1) is 0 Å². The molecule has 0 unspecified atom stereocenters. The van der Waals surface area contributed by atoms with E-state index in [2.05, 4.69) is 20.1 Å². The number of hydrogen-bond donors (Lipinski definition) is 0. The molecule has 0 fully saturated rings. The van der Waals surface area contributed by atoms with E-state index in [0.29, 0.717) is 0 Å². The molecule has 0 bridgehead atoms. The van der Waals surface area contributed by atoms with E-state index in [4.69, 9.17) is 0 Å². The van der Waals surface area contributed by atoms with Gasteiger partial charge in [-0.2, -0.15) is 0 Å². The average molecular weight is 268 g/mol. The van der Waals surface area contributed by atoms with Crippen molar-refractivity contribution in [3.8, 4) is 0 Å². The fourth-order valence-electron chi connectivity index (χ4n) is 1.83. The van der Waals surface area contributed by atoms with Crippen LogP contribution in [-0.4, -0.2) is 0 Å². The number of unbranched alkanes of at least 4 members (excludes halogenated alkanes) is 8. The molecule has 104 valence electrons. The molecule has 0 aliphatic carbocycles. The fourth-order valence-corrected chi connectivity index (χ4v) is 2.70. The molecule has 0 heterocycles. The second kappa shape index (κ2) is 11.5. The lowest BCUT2D eigenvalue weighted by molar-refractivity contribution is 0.577. The Morgan fingerprint density at radius 1 is 0.889 bits per heavy atom. The maximum atomic E-state index is 11.9. The summed E-state index contributed by atoms with van der Waals surface area (Å²) in [5, 5.41) is 0. The summed E-state index contributed by atoms with van der Waals surface area (Å²) in [6.45, 7) is 9.41. The summed E-state index contributed by atoms with van der Waals surface area (Å²) in [7, 11) is -2.41. The molecule has 2 heteroatoms. The minimum Gasteiger partial charge on any atom is -0.311 e. The summed E-state index contributed by atoms with van der Waals surface area (Å²) in [6.07, 6.45) is 13.7. The highest BCUT2D eigenvalue weighted by Crippen LogP contribution is 2.49. The quantitative estimate of drug-likeness (QED) is 0.285. The van der Waals surface area contributed by atoms with E-state index in [9.17, 15) is 4.57 Å². The van der Waals surface area contributed by atoms with Gasteiger partial charge in [0, 0.05) is 0 Å². The van der Waals surface area contributed by atoms with Crippen molar-refractivity contribution in [3.05, 3.63) is 36.7 Å². The molecule has 0 rings (SSSR count).